The molecular formula is C31H36F20GdN5O9. The molecule has 1 heterocycles. The number of β-amino-alcohol motifs (C(OH)–C–C–N with tert-alkyl or cyclic N) is 1. The molecule has 1 unspecified atom stereocenters. The molecule has 0 aromatic rings. The van der Waals surface area contributed by atoms with Crippen molar-refractivity contribution in [2.75, 3.05) is 98.3 Å². The standard InChI is InChI=1S/C31H39F20N5O9.Gd/c32-22(33)24(36,37)26(40,41)28(44,45)30(48,49)31(50,51)29(46,47)27(42,43)25(38,39)23(34,35)1-10-65-16-18(58)52-11-17(57)12-53-2-4-54(13-19(59)60)6-8-56(15-21(63)64)9-7-55(5-3-53)14-20(61)62;/h17,22,57H,1-16H2,(H,52,58)(H,59,60)(H,61,62)(H,63,64);/q;+3/p-3. The number of carbonyl (C=O) groups is 4. The van der Waals surface area contributed by atoms with Crippen LogP contribution in [0.5, 0.6) is 0 Å². The molecule has 0 aliphatic carbocycles. The Morgan fingerprint density at radius 1 is 0.530 bits per heavy atom. The normalized spacial score (nSPS) is 18.0. The number of aliphatic carboxylic acids is 3. The molecule has 1 rings (SSSR count). The summed E-state index contributed by atoms with van der Waals surface area (Å²) in [4.78, 5) is 51.2. The molecule has 0 spiro atoms. The van der Waals surface area contributed by atoms with E-state index in [1.165, 1.54) is 19.6 Å². The molecule has 1 amide bonds. The Hall–Kier alpha value is -2.44. The van der Waals surface area contributed by atoms with Crippen LogP contribution in [0.4, 0.5) is 87.8 Å². The van der Waals surface area contributed by atoms with Crippen LogP contribution in [0.1, 0.15) is 6.42 Å². The number of aliphatic hydroxyl groups is 1. The largest absolute Gasteiger partial charge is 3.00 e. The van der Waals surface area contributed by atoms with Crippen molar-refractivity contribution in [3.05, 3.63) is 0 Å². The molecule has 1 saturated heterocycles. The number of carboxylic acids is 3. The number of amides is 1. The van der Waals surface area contributed by atoms with E-state index in [0.29, 0.717) is 0 Å². The second-order valence-corrected chi connectivity index (χ2v) is 14.2. The van der Waals surface area contributed by atoms with Crippen LogP contribution < -0.4 is 20.6 Å². The van der Waals surface area contributed by atoms with Gasteiger partial charge in [0.05, 0.1) is 30.6 Å². The number of rotatable bonds is 24. The third kappa shape index (κ3) is 14.6. The Bertz CT molecular complexity index is 1590. The molecule has 66 heavy (non-hydrogen) atoms. The van der Waals surface area contributed by atoms with Gasteiger partial charge in [-0.2, -0.15) is 79.0 Å². The van der Waals surface area contributed by atoms with Gasteiger partial charge >= 0.3 is 99.7 Å². The first-order valence-electron chi connectivity index (χ1n) is 17.9. The Morgan fingerprint density at radius 3 is 1.15 bits per heavy atom. The van der Waals surface area contributed by atoms with Crippen LogP contribution in [0.2, 0.25) is 0 Å². The van der Waals surface area contributed by atoms with Gasteiger partial charge in [0.25, 0.3) is 0 Å². The van der Waals surface area contributed by atoms with E-state index in [1.54, 1.807) is 0 Å². The van der Waals surface area contributed by atoms with Crippen molar-refractivity contribution >= 4 is 23.8 Å². The van der Waals surface area contributed by atoms with Crippen molar-refractivity contribution in [2.45, 2.75) is 72.3 Å². The molecule has 0 aromatic heterocycles. The molecule has 0 bridgehead atoms. The van der Waals surface area contributed by atoms with Gasteiger partial charge in [-0.05, 0) is 0 Å². The fourth-order valence-corrected chi connectivity index (χ4v) is 5.51. The van der Waals surface area contributed by atoms with E-state index >= 15 is 0 Å². The maximum absolute atomic E-state index is 14.2. The van der Waals surface area contributed by atoms with E-state index in [1.807, 2.05) is 5.32 Å². The minimum Gasteiger partial charge on any atom is -0.549 e. The number of hydrogen-bond donors (Lipinski definition) is 2. The van der Waals surface area contributed by atoms with Gasteiger partial charge in [-0.15, -0.1) is 0 Å². The molecule has 1 fully saturated rings. The Morgan fingerprint density at radius 2 is 0.833 bits per heavy atom. The van der Waals surface area contributed by atoms with E-state index in [-0.39, 0.29) is 92.3 Å². The van der Waals surface area contributed by atoms with Gasteiger partial charge in [-0.1, -0.05) is 0 Å². The smallest absolute Gasteiger partial charge is 0.549 e. The summed E-state index contributed by atoms with van der Waals surface area (Å²) in [5.74, 6) is -82.4. The quantitative estimate of drug-likeness (QED) is 0.0915. The monoisotopic (exact) mass is 1160 g/mol. The average molecular weight is 1160 g/mol. The van der Waals surface area contributed by atoms with Crippen molar-refractivity contribution in [2.24, 2.45) is 0 Å². The molecule has 2 N–H and O–H groups in total. The minimum atomic E-state index is -9.15. The molecule has 0 saturated carbocycles. The number of hydrogen-bond acceptors (Lipinski definition) is 13. The van der Waals surface area contributed by atoms with Crippen molar-refractivity contribution in [1.82, 2.24) is 24.9 Å². The number of aliphatic hydroxyl groups excluding tert-OH is 1. The topological polar surface area (TPSA) is 192 Å². The van der Waals surface area contributed by atoms with E-state index < -0.39 is 142 Å². The van der Waals surface area contributed by atoms with Crippen molar-refractivity contribution in [3.8, 4) is 0 Å². The van der Waals surface area contributed by atoms with Gasteiger partial charge in [0.1, 0.15) is 6.61 Å². The Kier molecular flexibility index (Phi) is 23.0. The number of alkyl halides is 20. The molecule has 1 aliphatic heterocycles. The maximum atomic E-state index is 14.2. The zero-order valence-corrected chi connectivity index (χ0v) is 35.2. The first kappa shape index (κ1) is 63.6. The van der Waals surface area contributed by atoms with Crippen LogP contribution in [-0.2, 0) is 23.9 Å². The van der Waals surface area contributed by atoms with Gasteiger partial charge in [-0.3, -0.25) is 24.4 Å². The van der Waals surface area contributed by atoms with Crippen molar-refractivity contribution < 1.29 is 172 Å². The number of carbonyl (C=O) groups excluding carboxylic acids is 4. The van der Waals surface area contributed by atoms with E-state index in [4.69, 9.17) is 0 Å². The summed E-state index contributed by atoms with van der Waals surface area (Å²) >= 11 is 0. The second kappa shape index (κ2) is 23.9. The van der Waals surface area contributed by atoms with E-state index in [9.17, 15) is 127 Å². The van der Waals surface area contributed by atoms with Crippen LogP contribution in [0.25, 0.3) is 0 Å². The summed E-state index contributed by atoms with van der Waals surface area (Å²) in [6.45, 7) is -7.57. The van der Waals surface area contributed by atoms with Gasteiger partial charge in [0.2, 0.25) is 5.91 Å². The zero-order valence-electron chi connectivity index (χ0n) is 32.9. The summed E-state index contributed by atoms with van der Waals surface area (Å²) in [5.41, 5.74) is 0. The van der Waals surface area contributed by atoms with Crippen LogP contribution in [0.15, 0.2) is 0 Å². The maximum Gasteiger partial charge on any atom is 3.00 e. The summed E-state index contributed by atoms with van der Waals surface area (Å²) in [6, 6.07) is 0. The number of halogens is 20. The van der Waals surface area contributed by atoms with Gasteiger partial charge in [-0.25, -0.2) is 8.78 Å². The number of carboxylic acid groups (broad SMARTS) is 3. The molecule has 1 atom stereocenters. The first-order chi connectivity index (χ1) is 29.2. The average Bonchev–Trinajstić information content (AvgIpc) is 3.15. The van der Waals surface area contributed by atoms with Gasteiger partial charge < -0.3 is 44.9 Å². The van der Waals surface area contributed by atoms with Crippen LogP contribution in [0.3, 0.4) is 0 Å². The van der Waals surface area contributed by atoms with E-state index in [0.717, 1.165) is 0 Å². The predicted octanol–water partition coefficient (Wildman–Crippen LogP) is -0.676. The fraction of sp³-hybridized carbons (Fsp3) is 0.871. The van der Waals surface area contributed by atoms with Crippen LogP contribution in [-0.4, -0.2) is 213 Å². The third-order valence-corrected chi connectivity index (χ3v) is 9.30. The molecule has 1 aliphatic rings. The summed E-state index contributed by atoms with van der Waals surface area (Å²) < 4.78 is 277. The van der Waals surface area contributed by atoms with E-state index in [2.05, 4.69) is 4.74 Å². The summed E-state index contributed by atoms with van der Waals surface area (Å²) in [5, 5.41) is 46.1. The van der Waals surface area contributed by atoms with Crippen molar-refractivity contribution in [1.29, 1.82) is 0 Å². The number of nitrogens with one attached hydrogen (secondary N) is 1. The van der Waals surface area contributed by atoms with Crippen molar-refractivity contribution in [3.63, 3.8) is 0 Å². The molecule has 1 radical (unpaired) electrons. The number of ether oxygens (including phenoxy) is 1. The molecule has 35 heteroatoms. The third-order valence-electron chi connectivity index (χ3n) is 9.30. The first-order valence-corrected chi connectivity index (χ1v) is 17.9. The van der Waals surface area contributed by atoms with Crippen LogP contribution >= 0.6 is 0 Å². The van der Waals surface area contributed by atoms with Gasteiger partial charge in [0.15, 0.2) is 0 Å². The van der Waals surface area contributed by atoms with Crippen LogP contribution in [0, 0.1) is 39.9 Å². The fourth-order valence-electron chi connectivity index (χ4n) is 5.51. The Balaban J connectivity index is 0.0000422. The predicted molar refractivity (Wildman–Crippen MR) is 166 cm³/mol. The second-order valence-electron chi connectivity index (χ2n) is 14.2. The minimum absolute atomic E-state index is 0. The molecule has 387 valence electrons. The Labute approximate surface area is 390 Å². The summed E-state index contributed by atoms with van der Waals surface area (Å²) in [6.07, 6.45) is -10.9. The SMILES string of the molecule is O=C([O-])CN1CCN(CC(=O)[O-])CCN(CC(O)CNC(=O)COCCC(F)(F)C(F)(F)C(F)(F)C(F)(F)C(F)(F)C(F)(F)C(F)(F)C(F)(F)C(F)(F)C(F)F)CCN(CC(=O)[O-])CC1.[Gd+3]. The summed E-state index contributed by atoms with van der Waals surface area (Å²) in [7, 11) is 0. The zero-order chi connectivity index (χ0) is 51.0. The molecular weight excluding hydrogens is 1120 g/mol. The number of nitrogens with zero attached hydrogens (tertiary/aromatic N) is 4. The van der Waals surface area contributed by atoms with Gasteiger partial charge in [0, 0.05) is 91.5 Å². The molecule has 0 aromatic carbocycles. The molecule has 14 nitrogen and oxygen atoms in total.